The third-order valence-corrected chi connectivity index (χ3v) is 5.03. The number of benzene rings is 2. The Morgan fingerprint density at radius 1 is 1.17 bits per heavy atom. The van der Waals surface area contributed by atoms with E-state index in [0.29, 0.717) is 23.5 Å². The molecule has 0 radical (unpaired) electrons. The number of halogens is 5. The summed E-state index contributed by atoms with van der Waals surface area (Å²) >= 11 is 11.8. The molecule has 0 saturated heterocycles. The Bertz CT molecular complexity index is 1040. The third kappa shape index (κ3) is 4.78. The van der Waals surface area contributed by atoms with Crippen molar-refractivity contribution in [2.24, 2.45) is 4.99 Å². The number of nitrogens with zero attached hydrogens (tertiary/aromatic N) is 4. The van der Waals surface area contributed by atoms with Crippen LogP contribution in [0.1, 0.15) is 28.2 Å². The molecule has 156 valence electrons. The number of nitriles is 1. The van der Waals surface area contributed by atoms with Gasteiger partial charge in [0.1, 0.15) is 19.1 Å². The van der Waals surface area contributed by atoms with Gasteiger partial charge in [0.15, 0.2) is 0 Å². The molecule has 0 amide bonds. The first-order valence-corrected chi connectivity index (χ1v) is 9.61. The fraction of sp³-hybridized carbons (Fsp3) is 0.238. The smallest absolute Gasteiger partial charge is 0.261 e. The van der Waals surface area contributed by atoms with Crippen molar-refractivity contribution in [3.05, 3.63) is 68.7 Å². The molecule has 0 bridgehead atoms. The van der Waals surface area contributed by atoms with Gasteiger partial charge in [-0.25, -0.2) is 0 Å². The van der Waals surface area contributed by atoms with Crippen molar-refractivity contribution in [2.45, 2.75) is 19.0 Å². The molecule has 1 unspecified atom stereocenters. The predicted molar refractivity (Wildman–Crippen MR) is 114 cm³/mol. The number of hydrogen-bond donors (Lipinski definition) is 0. The summed E-state index contributed by atoms with van der Waals surface area (Å²) in [6, 6.07) is 9.26. The molecule has 1 aliphatic rings. The van der Waals surface area contributed by atoms with Gasteiger partial charge in [-0.1, -0.05) is 35.4 Å². The maximum absolute atomic E-state index is 13.7. The minimum atomic E-state index is -4.54. The monoisotopic (exact) mass is 452 g/mol. The van der Waals surface area contributed by atoms with Crippen LogP contribution in [0.25, 0.3) is 6.08 Å². The van der Waals surface area contributed by atoms with E-state index in [9.17, 15) is 18.4 Å². The molecule has 30 heavy (non-hydrogen) atoms. The Labute approximate surface area is 182 Å². The predicted octanol–water partition coefficient (Wildman–Crippen LogP) is 6.19. The van der Waals surface area contributed by atoms with Crippen LogP contribution >= 0.6 is 23.2 Å². The van der Waals surface area contributed by atoms with Gasteiger partial charge in [-0.3, -0.25) is 10.0 Å². The molecule has 9 heteroatoms. The summed E-state index contributed by atoms with van der Waals surface area (Å²) in [5, 5.41) is 13.4. The second-order valence-electron chi connectivity index (χ2n) is 6.87. The third-order valence-electron chi connectivity index (χ3n) is 4.60. The summed E-state index contributed by atoms with van der Waals surface area (Å²) in [5.74, 6) is -1.89. The lowest BCUT2D eigenvalue weighted by atomic mass is 9.96. The molecule has 4 nitrogen and oxygen atoms in total. The minimum Gasteiger partial charge on any atom is -0.261 e. The van der Waals surface area contributed by atoms with Gasteiger partial charge in [0, 0.05) is 17.1 Å². The lowest BCUT2D eigenvalue weighted by Gasteiger charge is -2.26. The fourth-order valence-corrected chi connectivity index (χ4v) is 3.82. The highest BCUT2D eigenvalue weighted by atomic mass is 35.5. The topological polar surface area (TPSA) is 42.6 Å². The van der Waals surface area contributed by atoms with E-state index in [1.807, 2.05) is 12.1 Å². The van der Waals surface area contributed by atoms with Crippen LogP contribution in [0, 0.1) is 18.3 Å². The van der Waals surface area contributed by atoms with Crippen LogP contribution in [0.2, 0.25) is 10.0 Å². The zero-order chi connectivity index (χ0) is 22.1. The maximum Gasteiger partial charge on any atom is 0.399 e. The molecule has 0 fully saturated rings. The van der Waals surface area contributed by atoms with E-state index in [1.54, 1.807) is 30.4 Å². The molecule has 0 aromatic heterocycles. The molecule has 0 saturated carbocycles. The van der Waals surface area contributed by atoms with Crippen LogP contribution in [0.3, 0.4) is 0 Å². The van der Waals surface area contributed by atoms with Crippen molar-refractivity contribution in [1.82, 2.24) is 5.01 Å². The Kier molecular flexibility index (Phi) is 6.41. The molecule has 0 spiro atoms. The standard InChI is InChI=1S/C21H17Cl2F3N4/c1-13-5-14(6-16(10-27)20(13)30-12-28-11-29(30)2)3-4-19(21(24,25)26)15-7-17(22)9-18(23)8-15/h3-9,12,19H,11H2,1-2H3/b4-3+. The van der Waals surface area contributed by atoms with Crippen molar-refractivity contribution in [3.8, 4) is 6.07 Å². The van der Waals surface area contributed by atoms with Crippen molar-refractivity contribution < 1.29 is 13.2 Å². The average Bonchev–Trinajstić information content (AvgIpc) is 3.05. The zero-order valence-electron chi connectivity index (χ0n) is 16.1. The molecule has 2 aromatic carbocycles. The molecule has 0 aliphatic carbocycles. The van der Waals surface area contributed by atoms with Gasteiger partial charge in [0.05, 0.1) is 17.2 Å². The van der Waals surface area contributed by atoms with E-state index in [-0.39, 0.29) is 15.6 Å². The molecule has 1 aliphatic heterocycles. The molecular formula is C21H17Cl2F3N4. The lowest BCUT2D eigenvalue weighted by molar-refractivity contribution is -0.139. The number of anilines is 1. The summed E-state index contributed by atoms with van der Waals surface area (Å²) in [7, 11) is 1.82. The highest BCUT2D eigenvalue weighted by Gasteiger charge is 2.39. The second-order valence-corrected chi connectivity index (χ2v) is 7.74. The highest BCUT2D eigenvalue weighted by Crippen LogP contribution is 2.39. The summed E-state index contributed by atoms with van der Waals surface area (Å²) in [6.45, 7) is 2.26. The van der Waals surface area contributed by atoms with Crippen LogP contribution in [-0.2, 0) is 0 Å². The van der Waals surface area contributed by atoms with Crippen molar-refractivity contribution in [1.29, 1.82) is 5.26 Å². The molecular weight excluding hydrogens is 436 g/mol. The van der Waals surface area contributed by atoms with E-state index >= 15 is 0 Å². The van der Waals surface area contributed by atoms with Gasteiger partial charge in [0.2, 0.25) is 0 Å². The first-order valence-electron chi connectivity index (χ1n) is 8.86. The number of aryl methyl sites for hydroxylation is 1. The molecule has 3 rings (SSSR count). The van der Waals surface area contributed by atoms with Crippen molar-refractivity contribution in [3.63, 3.8) is 0 Å². The zero-order valence-corrected chi connectivity index (χ0v) is 17.6. The van der Waals surface area contributed by atoms with Gasteiger partial charge in [-0.05, 0) is 53.9 Å². The van der Waals surface area contributed by atoms with E-state index in [1.165, 1.54) is 24.3 Å². The maximum atomic E-state index is 13.7. The molecule has 1 atom stereocenters. The van der Waals surface area contributed by atoms with E-state index in [0.717, 1.165) is 11.6 Å². The Morgan fingerprint density at radius 3 is 2.37 bits per heavy atom. The van der Waals surface area contributed by atoms with Crippen LogP contribution in [0.4, 0.5) is 18.9 Å². The number of rotatable bonds is 4. The summed E-state index contributed by atoms with van der Waals surface area (Å²) in [5.41, 5.74) is 2.15. The average molecular weight is 453 g/mol. The number of aliphatic imine (C=N–C) groups is 1. The minimum absolute atomic E-state index is 0.0556. The number of alkyl halides is 3. The van der Waals surface area contributed by atoms with Crippen molar-refractivity contribution >= 4 is 41.3 Å². The van der Waals surface area contributed by atoms with Gasteiger partial charge < -0.3 is 0 Å². The quantitative estimate of drug-likeness (QED) is 0.555. The summed E-state index contributed by atoms with van der Waals surface area (Å²) in [4.78, 5) is 4.15. The number of hydrogen-bond acceptors (Lipinski definition) is 4. The first kappa shape index (κ1) is 22.2. The van der Waals surface area contributed by atoms with Gasteiger partial charge in [-0.15, -0.1) is 0 Å². The highest BCUT2D eigenvalue weighted by molar-refractivity contribution is 6.34. The van der Waals surface area contributed by atoms with E-state index < -0.39 is 12.1 Å². The molecule has 0 N–H and O–H groups in total. The molecule has 2 aromatic rings. The second kappa shape index (κ2) is 8.68. The Morgan fingerprint density at radius 2 is 1.83 bits per heavy atom. The number of hydrazine groups is 1. The van der Waals surface area contributed by atoms with Crippen LogP contribution in [0.15, 0.2) is 41.4 Å². The SMILES string of the molecule is Cc1cc(/C=C/C(c2cc(Cl)cc(Cl)c2)C(F)(F)F)cc(C#N)c1N1C=NCN1C. The van der Waals surface area contributed by atoms with Gasteiger partial charge in [0.25, 0.3) is 0 Å². The fourth-order valence-electron chi connectivity index (χ4n) is 3.28. The Balaban J connectivity index is 2.00. The van der Waals surface area contributed by atoms with E-state index in [2.05, 4.69) is 11.1 Å². The summed E-state index contributed by atoms with van der Waals surface area (Å²) < 4.78 is 41.1. The Hall–Kier alpha value is -2.53. The lowest BCUT2D eigenvalue weighted by Crippen LogP contribution is -2.34. The normalized spacial score (nSPS) is 15.7. The van der Waals surface area contributed by atoms with Crippen LogP contribution < -0.4 is 5.01 Å². The number of allylic oxidation sites excluding steroid dienone is 1. The van der Waals surface area contributed by atoms with Crippen molar-refractivity contribution in [2.75, 3.05) is 18.7 Å². The summed E-state index contributed by atoms with van der Waals surface area (Å²) in [6.07, 6.45) is -0.527. The first-order chi connectivity index (χ1) is 14.1. The molecule has 1 heterocycles. The van der Waals surface area contributed by atoms with Gasteiger partial charge in [-0.2, -0.15) is 23.4 Å². The van der Waals surface area contributed by atoms with Gasteiger partial charge >= 0.3 is 6.18 Å². The van der Waals surface area contributed by atoms with Crippen LogP contribution in [0.5, 0.6) is 0 Å². The largest absolute Gasteiger partial charge is 0.399 e. The van der Waals surface area contributed by atoms with E-state index in [4.69, 9.17) is 23.2 Å². The van der Waals surface area contributed by atoms with Crippen LogP contribution in [-0.4, -0.2) is 31.2 Å².